The molecule has 1 amide bonds. The first-order valence-corrected chi connectivity index (χ1v) is 8.11. The van der Waals surface area contributed by atoms with E-state index in [4.69, 9.17) is 10.5 Å². The number of sulfonamides is 1. The van der Waals surface area contributed by atoms with E-state index in [0.29, 0.717) is 0 Å². The van der Waals surface area contributed by atoms with Gasteiger partial charge in [0.25, 0.3) is 5.91 Å². The standard InChI is InChI=1S/C14H18N4O4S/c1-17-8-10(7-16-17)9-18(2)23(20,21)11-4-5-13(22-3)12(6-11)14(15)19/h4-8H,9H2,1-3H3,(H2,15,19). The molecule has 8 nitrogen and oxygen atoms in total. The number of ether oxygens (including phenoxy) is 1. The molecule has 23 heavy (non-hydrogen) atoms. The van der Waals surface area contributed by atoms with Gasteiger partial charge in [0.1, 0.15) is 5.75 Å². The lowest BCUT2D eigenvalue weighted by atomic mass is 10.2. The van der Waals surface area contributed by atoms with Crippen molar-refractivity contribution >= 4 is 15.9 Å². The quantitative estimate of drug-likeness (QED) is 0.817. The van der Waals surface area contributed by atoms with Crippen LogP contribution in [0.25, 0.3) is 0 Å². The SMILES string of the molecule is COc1ccc(S(=O)(=O)N(C)Cc2cnn(C)c2)cc1C(N)=O. The summed E-state index contributed by atoms with van der Waals surface area (Å²) in [5.41, 5.74) is 6.04. The summed E-state index contributed by atoms with van der Waals surface area (Å²) < 4.78 is 33.0. The van der Waals surface area contributed by atoms with Gasteiger partial charge >= 0.3 is 0 Å². The first-order chi connectivity index (χ1) is 10.8. The molecule has 2 rings (SSSR count). The van der Waals surface area contributed by atoms with Crippen molar-refractivity contribution in [1.29, 1.82) is 0 Å². The molecule has 1 aromatic carbocycles. The number of primary amides is 1. The van der Waals surface area contributed by atoms with Gasteiger partial charge in [-0.25, -0.2) is 8.42 Å². The summed E-state index contributed by atoms with van der Waals surface area (Å²) in [6.45, 7) is 0.161. The largest absolute Gasteiger partial charge is 0.496 e. The molecule has 0 aliphatic carbocycles. The number of hydrogen-bond donors (Lipinski definition) is 1. The molecule has 0 aliphatic heterocycles. The number of aryl methyl sites for hydroxylation is 1. The van der Waals surface area contributed by atoms with E-state index in [-0.39, 0.29) is 22.8 Å². The van der Waals surface area contributed by atoms with E-state index in [9.17, 15) is 13.2 Å². The van der Waals surface area contributed by atoms with Crippen LogP contribution in [0.5, 0.6) is 5.75 Å². The summed E-state index contributed by atoms with van der Waals surface area (Å²) in [7, 11) is 0.809. The van der Waals surface area contributed by atoms with Crippen molar-refractivity contribution in [2.75, 3.05) is 14.2 Å². The number of carbonyl (C=O) groups excluding carboxylic acids is 1. The molecule has 0 fully saturated rings. The number of benzene rings is 1. The van der Waals surface area contributed by atoms with E-state index in [0.717, 1.165) is 5.56 Å². The minimum atomic E-state index is -3.78. The highest BCUT2D eigenvalue weighted by atomic mass is 32.2. The molecular weight excluding hydrogens is 320 g/mol. The second-order valence-electron chi connectivity index (χ2n) is 5.01. The van der Waals surface area contributed by atoms with Crippen LogP contribution in [0.1, 0.15) is 15.9 Å². The third kappa shape index (κ3) is 3.51. The molecule has 1 aromatic heterocycles. The molecule has 0 unspecified atom stereocenters. The summed E-state index contributed by atoms with van der Waals surface area (Å²) in [5, 5.41) is 4.00. The van der Waals surface area contributed by atoms with Gasteiger partial charge in [-0.2, -0.15) is 9.40 Å². The molecule has 1 heterocycles. The van der Waals surface area contributed by atoms with Crippen molar-refractivity contribution < 1.29 is 17.9 Å². The molecular formula is C14H18N4O4S. The van der Waals surface area contributed by atoms with E-state index < -0.39 is 15.9 Å². The van der Waals surface area contributed by atoms with E-state index in [1.54, 1.807) is 24.1 Å². The van der Waals surface area contributed by atoms with E-state index in [1.807, 2.05) is 0 Å². The lowest BCUT2D eigenvalue weighted by molar-refractivity contribution is 0.0997. The highest BCUT2D eigenvalue weighted by Gasteiger charge is 2.23. The van der Waals surface area contributed by atoms with Crippen LogP contribution < -0.4 is 10.5 Å². The Balaban J connectivity index is 2.35. The van der Waals surface area contributed by atoms with Gasteiger partial charge in [-0.1, -0.05) is 0 Å². The predicted octanol–water partition coefficient (Wildman–Crippen LogP) is 0.348. The van der Waals surface area contributed by atoms with Gasteiger partial charge in [0, 0.05) is 32.4 Å². The predicted molar refractivity (Wildman–Crippen MR) is 83.4 cm³/mol. The van der Waals surface area contributed by atoms with Crippen LogP contribution in [0.3, 0.4) is 0 Å². The maximum Gasteiger partial charge on any atom is 0.252 e. The zero-order valence-electron chi connectivity index (χ0n) is 13.1. The Labute approximate surface area is 134 Å². The lowest BCUT2D eigenvalue weighted by Crippen LogP contribution is -2.27. The number of amides is 1. The number of carbonyl (C=O) groups is 1. The number of hydrogen-bond acceptors (Lipinski definition) is 5. The fourth-order valence-corrected chi connectivity index (χ4v) is 3.30. The minimum absolute atomic E-state index is 0.0170. The van der Waals surface area contributed by atoms with E-state index in [2.05, 4.69) is 5.10 Å². The van der Waals surface area contributed by atoms with E-state index >= 15 is 0 Å². The van der Waals surface area contributed by atoms with Crippen LogP contribution in [-0.4, -0.2) is 42.6 Å². The third-order valence-corrected chi connectivity index (χ3v) is 5.11. The second-order valence-corrected chi connectivity index (χ2v) is 7.05. The molecule has 0 atom stereocenters. The molecule has 2 N–H and O–H groups in total. The average Bonchev–Trinajstić information content (AvgIpc) is 2.91. The summed E-state index contributed by atoms with van der Waals surface area (Å²) in [5.74, 6) is -0.528. The van der Waals surface area contributed by atoms with Crippen molar-refractivity contribution in [3.8, 4) is 5.75 Å². The number of rotatable bonds is 6. The minimum Gasteiger partial charge on any atom is -0.496 e. The number of methoxy groups -OCH3 is 1. The van der Waals surface area contributed by atoms with Gasteiger partial charge < -0.3 is 10.5 Å². The van der Waals surface area contributed by atoms with Gasteiger partial charge in [0.05, 0.1) is 23.8 Å². The Morgan fingerprint density at radius 1 is 1.43 bits per heavy atom. The van der Waals surface area contributed by atoms with Crippen LogP contribution in [-0.2, 0) is 23.6 Å². The van der Waals surface area contributed by atoms with Crippen LogP contribution in [0, 0.1) is 0 Å². The number of nitrogens with zero attached hydrogens (tertiary/aromatic N) is 3. The summed E-state index contributed by atoms with van der Waals surface area (Å²) in [6.07, 6.45) is 3.32. The maximum atomic E-state index is 12.6. The van der Waals surface area contributed by atoms with Crippen molar-refractivity contribution in [2.24, 2.45) is 12.8 Å². The lowest BCUT2D eigenvalue weighted by Gasteiger charge is -2.17. The molecule has 0 bridgehead atoms. The Morgan fingerprint density at radius 2 is 2.13 bits per heavy atom. The molecule has 0 aliphatic rings. The molecule has 0 spiro atoms. The monoisotopic (exact) mass is 338 g/mol. The Morgan fingerprint density at radius 3 is 2.65 bits per heavy atom. The van der Waals surface area contributed by atoms with Crippen molar-refractivity contribution in [3.63, 3.8) is 0 Å². The fourth-order valence-electron chi connectivity index (χ4n) is 2.12. The van der Waals surface area contributed by atoms with Crippen molar-refractivity contribution in [1.82, 2.24) is 14.1 Å². The van der Waals surface area contributed by atoms with Crippen molar-refractivity contribution in [3.05, 3.63) is 41.7 Å². The topological polar surface area (TPSA) is 108 Å². The van der Waals surface area contributed by atoms with Crippen LogP contribution in [0.2, 0.25) is 0 Å². The zero-order chi connectivity index (χ0) is 17.2. The maximum absolute atomic E-state index is 12.6. The Kier molecular flexibility index (Phi) is 4.71. The van der Waals surface area contributed by atoms with Gasteiger partial charge in [0.2, 0.25) is 10.0 Å². The molecule has 0 radical (unpaired) electrons. The number of nitrogens with two attached hydrogens (primary N) is 1. The van der Waals surface area contributed by atoms with Gasteiger partial charge in [-0.15, -0.1) is 0 Å². The van der Waals surface area contributed by atoms with Gasteiger partial charge in [-0.05, 0) is 18.2 Å². The second kappa shape index (κ2) is 6.39. The van der Waals surface area contributed by atoms with Crippen LogP contribution >= 0.6 is 0 Å². The highest BCUT2D eigenvalue weighted by Crippen LogP contribution is 2.24. The van der Waals surface area contributed by atoms with E-state index in [1.165, 1.54) is 36.7 Å². The van der Waals surface area contributed by atoms with Crippen molar-refractivity contribution in [2.45, 2.75) is 11.4 Å². The Hall–Kier alpha value is -2.39. The first-order valence-electron chi connectivity index (χ1n) is 6.67. The summed E-state index contributed by atoms with van der Waals surface area (Å²) in [6, 6.07) is 4.00. The molecule has 0 saturated carbocycles. The summed E-state index contributed by atoms with van der Waals surface area (Å²) in [4.78, 5) is 11.4. The third-order valence-electron chi connectivity index (χ3n) is 3.31. The molecule has 9 heteroatoms. The fraction of sp³-hybridized carbons (Fsp3) is 0.286. The molecule has 0 saturated heterocycles. The normalized spacial score (nSPS) is 11.7. The summed E-state index contributed by atoms with van der Waals surface area (Å²) >= 11 is 0. The van der Waals surface area contributed by atoms with Crippen LogP contribution in [0.15, 0.2) is 35.5 Å². The number of aromatic nitrogens is 2. The average molecular weight is 338 g/mol. The Bertz CT molecular complexity index is 829. The van der Waals surface area contributed by atoms with Gasteiger partial charge in [0.15, 0.2) is 0 Å². The highest BCUT2D eigenvalue weighted by molar-refractivity contribution is 7.89. The molecule has 2 aromatic rings. The van der Waals surface area contributed by atoms with Crippen LogP contribution in [0.4, 0.5) is 0 Å². The van der Waals surface area contributed by atoms with Gasteiger partial charge in [-0.3, -0.25) is 9.48 Å². The molecule has 124 valence electrons. The zero-order valence-corrected chi connectivity index (χ0v) is 13.9. The first kappa shape index (κ1) is 17.0. The smallest absolute Gasteiger partial charge is 0.252 e.